The number of rotatable bonds is 5. The van der Waals surface area contributed by atoms with E-state index in [0.717, 1.165) is 36.5 Å². The third kappa shape index (κ3) is 3.46. The fraction of sp³-hybridized carbons (Fsp3) is 0.400. The number of oxime groups is 1. The Morgan fingerprint density at radius 2 is 2.14 bits per heavy atom. The molecule has 1 aromatic carbocycles. The lowest BCUT2D eigenvalue weighted by Gasteiger charge is -2.18. The van der Waals surface area contributed by atoms with Crippen LogP contribution in [0.1, 0.15) is 22.6 Å². The lowest BCUT2D eigenvalue weighted by molar-refractivity contribution is 0.0578. The van der Waals surface area contributed by atoms with Gasteiger partial charge >= 0.3 is 0 Å². The average molecular weight is 302 g/mol. The van der Waals surface area contributed by atoms with Crippen LogP contribution >= 0.6 is 11.5 Å². The van der Waals surface area contributed by atoms with Gasteiger partial charge in [0.05, 0.1) is 16.3 Å². The van der Waals surface area contributed by atoms with Crippen LogP contribution in [0.3, 0.4) is 0 Å². The zero-order valence-corrected chi connectivity index (χ0v) is 13.0. The third-order valence-corrected chi connectivity index (χ3v) is 4.32. The number of benzene rings is 1. The smallest absolute Gasteiger partial charge is 0.145 e. The molecule has 2 aromatic rings. The molecule has 110 valence electrons. The predicted octanol–water partition coefficient (Wildman–Crippen LogP) is 2.47. The minimum Gasteiger partial charge on any atom is -0.390 e. The first-order valence-corrected chi connectivity index (χ1v) is 7.74. The molecular weight excluding hydrogens is 284 g/mol. The zero-order chi connectivity index (χ0) is 14.7. The van der Waals surface area contributed by atoms with Crippen molar-refractivity contribution in [1.29, 1.82) is 0 Å². The van der Waals surface area contributed by atoms with Crippen LogP contribution in [0, 0.1) is 6.92 Å². The van der Waals surface area contributed by atoms with Crippen LogP contribution in [0.5, 0.6) is 0 Å². The van der Waals surface area contributed by atoms with E-state index >= 15 is 0 Å². The second kappa shape index (κ2) is 6.32. The van der Waals surface area contributed by atoms with Gasteiger partial charge in [-0.3, -0.25) is 4.90 Å². The second-order valence-corrected chi connectivity index (χ2v) is 6.15. The maximum absolute atomic E-state index is 5.56. The second-order valence-electron chi connectivity index (χ2n) is 5.31. The highest BCUT2D eigenvalue weighted by molar-refractivity contribution is 7.05. The van der Waals surface area contributed by atoms with Crippen LogP contribution in [0.4, 0.5) is 0 Å². The van der Waals surface area contributed by atoms with Gasteiger partial charge in [-0.05, 0) is 31.1 Å². The zero-order valence-electron chi connectivity index (χ0n) is 12.2. The SMILES string of the molecule is Cc1nnsc1CN(C)CC1CC(c2ccccc2)=NO1. The van der Waals surface area contributed by atoms with Gasteiger partial charge in [-0.1, -0.05) is 40.0 Å². The molecular formula is C15H18N4OS. The maximum atomic E-state index is 5.56. The molecule has 0 saturated heterocycles. The molecule has 0 bridgehead atoms. The van der Waals surface area contributed by atoms with Gasteiger partial charge in [0, 0.05) is 19.5 Å². The Morgan fingerprint density at radius 1 is 1.33 bits per heavy atom. The van der Waals surface area contributed by atoms with Gasteiger partial charge in [-0.15, -0.1) is 5.10 Å². The number of hydrogen-bond donors (Lipinski definition) is 0. The molecule has 0 aliphatic carbocycles. The first kappa shape index (κ1) is 14.2. The summed E-state index contributed by atoms with van der Waals surface area (Å²) in [5.41, 5.74) is 3.19. The summed E-state index contributed by atoms with van der Waals surface area (Å²) in [5, 5.41) is 8.26. The van der Waals surface area contributed by atoms with Crippen molar-refractivity contribution in [3.8, 4) is 0 Å². The summed E-state index contributed by atoms with van der Waals surface area (Å²) in [6, 6.07) is 10.2. The normalized spacial score (nSPS) is 17.9. The Bertz CT molecular complexity index is 626. The van der Waals surface area contributed by atoms with E-state index in [1.54, 1.807) is 0 Å². The lowest BCUT2D eigenvalue weighted by atomic mass is 10.1. The van der Waals surface area contributed by atoms with Crippen molar-refractivity contribution in [1.82, 2.24) is 14.5 Å². The van der Waals surface area contributed by atoms with Gasteiger partial charge in [0.1, 0.15) is 6.10 Å². The Balaban J connectivity index is 1.53. The first-order valence-electron chi connectivity index (χ1n) is 6.97. The Morgan fingerprint density at radius 3 is 2.86 bits per heavy atom. The highest BCUT2D eigenvalue weighted by atomic mass is 32.1. The number of aromatic nitrogens is 2. The quantitative estimate of drug-likeness (QED) is 0.851. The summed E-state index contributed by atoms with van der Waals surface area (Å²) in [7, 11) is 2.09. The molecule has 5 nitrogen and oxygen atoms in total. The molecule has 1 aliphatic rings. The molecule has 0 radical (unpaired) electrons. The summed E-state index contributed by atoms with van der Waals surface area (Å²) < 4.78 is 3.97. The Labute approximate surface area is 128 Å². The number of nitrogens with zero attached hydrogens (tertiary/aromatic N) is 4. The topological polar surface area (TPSA) is 50.6 Å². The molecule has 6 heteroatoms. The van der Waals surface area contributed by atoms with E-state index in [4.69, 9.17) is 4.84 Å². The molecule has 0 N–H and O–H groups in total. The maximum Gasteiger partial charge on any atom is 0.145 e. The summed E-state index contributed by atoms with van der Waals surface area (Å²) in [6.45, 7) is 3.69. The molecule has 1 aliphatic heterocycles. The first-order chi connectivity index (χ1) is 10.2. The van der Waals surface area contributed by atoms with Gasteiger partial charge in [-0.2, -0.15) is 0 Å². The highest BCUT2D eigenvalue weighted by Crippen LogP contribution is 2.18. The van der Waals surface area contributed by atoms with Gasteiger partial charge in [0.2, 0.25) is 0 Å². The van der Waals surface area contributed by atoms with Crippen LogP contribution in [0.15, 0.2) is 35.5 Å². The largest absolute Gasteiger partial charge is 0.390 e. The Kier molecular flexibility index (Phi) is 4.26. The minimum absolute atomic E-state index is 0.117. The molecule has 0 amide bonds. The van der Waals surface area contributed by atoms with Crippen LogP contribution in [-0.4, -0.2) is 39.9 Å². The van der Waals surface area contributed by atoms with E-state index in [2.05, 4.69) is 38.8 Å². The van der Waals surface area contributed by atoms with E-state index in [1.165, 1.54) is 16.4 Å². The van der Waals surface area contributed by atoms with Crippen LogP contribution in [-0.2, 0) is 11.4 Å². The van der Waals surface area contributed by atoms with Crippen molar-refractivity contribution in [2.45, 2.75) is 26.0 Å². The summed E-state index contributed by atoms with van der Waals surface area (Å²) >= 11 is 1.46. The van der Waals surface area contributed by atoms with Crippen molar-refractivity contribution in [2.24, 2.45) is 5.16 Å². The van der Waals surface area contributed by atoms with Gasteiger partial charge in [0.15, 0.2) is 0 Å². The lowest BCUT2D eigenvalue weighted by Crippen LogP contribution is -2.29. The molecule has 0 saturated carbocycles. The summed E-state index contributed by atoms with van der Waals surface area (Å²) in [4.78, 5) is 9.00. The van der Waals surface area contributed by atoms with Crippen LogP contribution in [0.2, 0.25) is 0 Å². The third-order valence-electron chi connectivity index (χ3n) is 3.51. The van der Waals surface area contributed by atoms with Crippen molar-refractivity contribution in [3.05, 3.63) is 46.5 Å². The summed E-state index contributed by atoms with van der Waals surface area (Å²) in [6.07, 6.45) is 0.972. The van der Waals surface area contributed by atoms with Gasteiger partial charge < -0.3 is 4.84 Å². The van der Waals surface area contributed by atoms with Crippen LogP contribution < -0.4 is 0 Å². The fourth-order valence-electron chi connectivity index (χ4n) is 2.38. The van der Waals surface area contributed by atoms with Gasteiger partial charge in [0.25, 0.3) is 0 Å². The van der Waals surface area contributed by atoms with Crippen molar-refractivity contribution in [3.63, 3.8) is 0 Å². The molecule has 1 unspecified atom stereocenters. The fourth-order valence-corrected chi connectivity index (χ4v) is 3.09. The van der Waals surface area contributed by atoms with Crippen molar-refractivity contribution in [2.75, 3.05) is 13.6 Å². The Hall–Kier alpha value is -1.79. The minimum atomic E-state index is 0.117. The molecule has 0 spiro atoms. The molecule has 0 fully saturated rings. The molecule has 1 aromatic heterocycles. The van der Waals surface area contributed by atoms with Crippen molar-refractivity contribution < 1.29 is 4.84 Å². The number of aryl methyl sites for hydroxylation is 1. The van der Waals surface area contributed by atoms with E-state index in [9.17, 15) is 0 Å². The molecule has 3 rings (SSSR count). The average Bonchev–Trinajstić information content (AvgIpc) is 3.10. The number of likely N-dealkylation sites (N-methyl/N-ethyl adjacent to an activating group) is 1. The van der Waals surface area contributed by atoms with E-state index < -0.39 is 0 Å². The highest BCUT2D eigenvalue weighted by Gasteiger charge is 2.23. The summed E-state index contributed by atoms with van der Waals surface area (Å²) in [5.74, 6) is 0. The monoisotopic (exact) mass is 302 g/mol. The number of hydrogen-bond acceptors (Lipinski definition) is 6. The van der Waals surface area contributed by atoms with E-state index in [-0.39, 0.29) is 6.10 Å². The van der Waals surface area contributed by atoms with Crippen molar-refractivity contribution >= 4 is 17.2 Å². The molecule has 1 atom stereocenters. The van der Waals surface area contributed by atoms with E-state index in [0.29, 0.717) is 0 Å². The standard InChI is InChI=1S/C15H18N4OS/c1-11-15(21-18-16-11)10-19(2)9-13-8-14(17-20-13)12-6-4-3-5-7-12/h3-7,13H,8-10H2,1-2H3. The molecule has 21 heavy (non-hydrogen) atoms. The van der Waals surface area contributed by atoms with Gasteiger partial charge in [-0.25, -0.2) is 0 Å². The van der Waals surface area contributed by atoms with E-state index in [1.807, 2.05) is 25.1 Å². The molecule has 2 heterocycles. The van der Waals surface area contributed by atoms with Crippen LogP contribution in [0.25, 0.3) is 0 Å². The predicted molar refractivity (Wildman–Crippen MR) is 83.4 cm³/mol.